The Labute approximate surface area is 132 Å². The summed E-state index contributed by atoms with van der Waals surface area (Å²) in [5, 5.41) is 6.33. The summed E-state index contributed by atoms with van der Waals surface area (Å²) in [6.45, 7) is 7.22. The topological polar surface area (TPSA) is 79.8 Å². The minimum Gasteiger partial charge on any atom is -0.380 e. The largest absolute Gasteiger partial charge is 0.380 e. The van der Waals surface area contributed by atoms with Crippen LogP contribution in [-0.2, 0) is 21.1 Å². The van der Waals surface area contributed by atoms with Crippen molar-refractivity contribution >= 4 is 15.8 Å². The highest BCUT2D eigenvalue weighted by molar-refractivity contribution is 7.90. The van der Waals surface area contributed by atoms with E-state index in [4.69, 9.17) is 4.74 Å². The van der Waals surface area contributed by atoms with Gasteiger partial charge < -0.3 is 15.4 Å². The molecule has 7 heteroatoms. The van der Waals surface area contributed by atoms with Gasteiger partial charge in [0.2, 0.25) is 0 Å². The summed E-state index contributed by atoms with van der Waals surface area (Å²) in [4.78, 5) is 4.78. The third kappa shape index (κ3) is 6.91. The van der Waals surface area contributed by atoms with Crippen LogP contribution in [-0.4, -0.2) is 46.9 Å². The van der Waals surface area contributed by atoms with Gasteiger partial charge in [-0.05, 0) is 31.5 Å². The molecule has 0 aliphatic carbocycles. The Hall–Kier alpha value is -1.60. The lowest BCUT2D eigenvalue weighted by Crippen LogP contribution is -2.39. The van der Waals surface area contributed by atoms with Gasteiger partial charge in [0.05, 0.1) is 18.0 Å². The Morgan fingerprint density at radius 1 is 1.18 bits per heavy atom. The Morgan fingerprint density at radius 3 is 2.41 bits per heavy atom. The predicted octanol–water partition coefficient (Wildman–Crippen LogP) is 1.18. The summed E-state index contributed by atoms with van der Waals surface area (Å²) < 4.78 is 28.1. The molecule has 2 N–H and O–H groups in total. The average Bonchev–Trinajstić information content (AvgIpc) is 2.48. The van der Waals surface area contributed by atoms with Crippen molar-refractivity contribution in [1.29, 1.82) is 0 Å². The first-order chi connectivity index (χ1) is 10.5. The SMILES string of the molecule is CCNC(=NCc1ccc(S(C)(=O)=O)cc1)NCCOCC. The fourth-order valence-corrected chi connectivity index (χ4v) is 2.37. The molecule has 0 aliphatic heterocycles. The molecule has 0 amide bonds. The van der Waals surface area contributed by atoms with Crippen molar-refractivity contribution in [3.8, 4) is 0 Å². The van der Waals surface area contributed by atoms with E-state index in [1.165, 1.54) is 6.26 Å². The highest BCUT2D eigenvalue weighted by Gasteiger charge is 2.06. The zero-order valence-electron chi connectivity index (χ0n) is 13.4. The van der Waals surface area contributed by atoms with Gasteiger partial charge in [-0.25, -0.2) is 13.4 Å². The first-order valence-corrected chi connectivity index (χ1v) is 9.25. The molecule has 124 valence electrons. The quantitative estimate of drug-likeness (QED) is 0.426. The van der Waals surface area contributed by atoms with E-state index in [0.29, 0.717) is 31.2 Å². The number of sulfone groups is 1. The molecule has 0 aliphatic rings. The van der Waals surface area contributed by atoms with Gasteiger partial charge in [-0.2, -0.15) is 0 Å². The second kappa shape index (κ2) is 9.42. The molecule has 1 rings (SSSR count). The maximum Gasteiger partial charge on any atom is 0.191 e. The van der Waals surface area contributed by atoms with Gasteiger partial charge in [0.1, 0.15) is 0 Å². The summed E-state index contributed by atoms with van der Waals surface area (Å²) in [5.74, 6) is 0.717. The fourth-order valence-electron chi connectivity index (χ4n) is 1.74. The lowest BCUT2D eigenvalue weighted by Gasteiger charge is -2.11. The van der Waals surface area contributed by atoms with E-state index >= 15 is 0 Å². The summed E-state index contributed by atoms with van der Waals surface area (Å²) in [6, 6.07) is 6.78. The highest BCUT2D eigenvalue weighted by Crippen LogP contribution is 2.10. The molecule has 1 aromatic rings. The molecule has 0 saturated heterocycles. The smallest absolute Gasteiger partial charge is 0.191 e. The third-order valence-corrected chi connectivity index (χ3v) is 3.99. The first kappa shape index (κ1) is 18.4. The van der Waals surface area contributed by atoms with Crippen molar-refractivity contribution in [2.75, 3.05) is 32.6 Å². The Balaban J connectivity index is 2.61. The van der Waals surface area contributed by atoms with Crippen molar-refractivity contribution in [3.05, 3.63) is 29.8 Å². The number of benzene rings is 1. The average molecular weight is 327 g/mol. The highest BCUT2D eigenvalue weighted by atomic mass is 32.2. The van der Waals surface area contributed by atoms with Gasteiger partial charge in [0, 0.05) is 26.0 Å². The van der Waals surface area contributed by atoms with E-state index in [1.807, 2.05) is 13.8 Å². The predicted molar refractivity (Wildman–Crippen MR) is 88.9 cm³/mol. The van der Waals surface area contributed by atoms with Gasteiger partial charge >= 0.3 is 0 Å². The van der Waals surface area contributed by atoms with Crippen LogP contribution in [0.1, 0.15) is 19.4 Å². The Morgan fingerprint density at radius 2 is 1.86 bits per heavy atom. The molecular weight excluding hydrogens is 302 g/mol. The summed E-state index contributed by atoms with van der Waals surface area (Å²) >= 11 is 0. The zero-order chi connectivity index (χ0) is 16.4. The summed E-state index contributed by atoms with van der Waals surface area (Å²) in [6.07, 6.45) is 1.20. The molecular formula is C15H25N3O3S. The van der Waals surface area contributed by atoms with Gasteiger partial charge in [-0.15, -0.1) is 0 Å². The second-order valence-electron chi connectivity index (χ2n) is 4.73. The van der Waals surface area contributed by atoms with E-state index in [1.54, 1.807) is 24.3 Å². The number of nitrogens with one attached hydrogen (secondary N) is 2. The molecule has 0 aromatic heterocycles. The van der Waals surface area contributed by atoms with Crippen molar-refractivity contribution in [2.45, 2.75) is 25.3 Å². The lowest BCUT2D eigenvalue weighted by atomic mass is 10.2. The van der Waals surface area contributed by atoms with Crippen LogP contribution in [0.25, 0.3) is 0 Å². The standard InChI is InChI=1S/C15H25N3O3S/c1-4-16-15(17-10-11-21-5-2)18-12-13-6-8-14(9-7-13)22(3,19)20/h6-9H,4-5,10-12H2,1-3H3,(H2,16,17,18). The van der Waals surface area contributed by atoms with Gasteiger partial charge in [0.15, 0.2) is 15.8 Å². The third-order valence-electron chi connectivity index (χ3n) is 2.86. The minimum absolute atomic E-state index is 0.321. The van der Waals surface area contributed by atoms with E-state index < -0.39 is 9.84 Å². The second-order valence-corrected chi connectivity index (χ2v) is 6.75. The summed E-state index contributed by atoms with van der Waals surface area (Å²) in [7, 11) is -3.15. The van der Waals surface area contributed by atoms with Gasteiger partial charge in [-0.1, -0.05) is 12.1 Å². The molecule has 0 atom stereocenters. The molecule has 0 heterocycles. The Bertz CT molecular complexity index is 568. The van der Waals surface area contributed by atoms with Crippen LogP contribution in [0.3, 0.4) is 0 Å². The normalized spacial score (nSPS) is 12.2. The van der Waals surface area contributed by atoms with Crippen molar-refractivity contribution in [3.63, 3.8) is 0 Å². The lowest BCUT2D eigenvalue weighted by molar-refractivity contribution is 0.152. The molecule has 0 bridgehead atoms. The number of guanidine groups is 1. The molecule has 0 spiro atoms. The van der Waals surface area contributed by atoms with Gasteiger partial charge in [-0.3, -0.25) is 0 Å². The summed E-state index contributed by atoms with van der Waals surface area (Å²) in [5.41, 5.74) is 0.953. The van der Waals surface area contributed by atoms with E-state index in [9.17, 15) is 8.42 Å². The van der Waals surface area contributed by atoms with Crippen LogP contribution >= 0.6 is 0 Å². The number of nitrogens with zero attached hydrogens (tertiary/aromatic N) is 1. The number of aliphatic imine (C=N–C) groups is 1. The molecule has 1 aromatic carbocycles. The van der Waals surface area contributed by atoms with Crippen LogP contribution < -0.4 is 10.6 Å². The molecule has 6 nitrogen and oxygen atoms in total. The van der Waals surface area contributed by atoms with Crippen LogP contribution in [0.5, 0.6) is 0 Å². The number of hydrogen-bond acceptors (Lipinski definition) is 4. The first-order valence-electron chi connectivity index (χ1n) is 7.36. The zero-order valence-corrected chi connectivity index (χ0v) is 14.2. The van der Waals surface area contributed by atoms with E-state index in [-0.39, 0.29) is 0 Å². The van der Waals surface area contributed by atoms with E-state index in [2.05, 4.69) is 15.6 Å². The minimum atomic E-state index is -3.15. The number of ether oxygens (including phenoxy) is 1. The molecule has 0 radical (unpaired) electrons. The molecule has 0 fully saturated rings. The van der Waals surface area contributed by atoms with Crippen LogP contribution in [0, 0.1) is 0 Å². The fraction of sp³-hybridized carbons (Fsp3) is 0.533. The van der Waals surface area contributed by atoms with E-state index in [0.717, 1.165) is 18.1 Å². The Kier molecular flexibility index (Phi) is 7.90. The maximum atomic E-state index is 11.4. The van der Waals surface area contributed by atoms with Crippen LogP contribution in [0.15, 0.2) is 34.2 Å². The molecule has 0 unspecified atom stereocenters. The van der Waals surface area contributed by atoms with Crippen molar-refractivity contribution < 1.29 is 13.2 Å². The van der Waals surface area contributed by atoms with Crippen molar-refractivity contribution in [2.24, 2.45) is 4.99 Å². The number of rotatable bonds is 8. The monoisotopic (exact) mass is 327 g/mol. The molecule has 22 heavy (non-hydrogen) atoms. The van der Waals surface area contributed by atoms with Gasteiger partial charge in [0.25, 0.3) is 0 Å². The molecule has 0 saturated carbocycles. The number of hydrogen-bond donors (Lipinski definition) is 2. The maximum absolute atomic E-state index is 11.4. The van der Waals surface area contributed by atoms with Crippen molar-refractivity contribution in [1.82, 2.24) is 10.6 Å². The van der Waals surface area contributed by atoms with Crippen LogP contribution in [0.4, 0.5) is 0 Å². The van der Waals surface area contributed by atoms with Crippen LogP contribution in [0.2, 0.25) is 0 Å².